The van der Waals surface area contributed by atoms with Gasteiger partial charge >= 0.3 is 6.01 Å². The van der Waals surface area contributed by atoms with Crippen molar-refractivity contribution in [2.75, 3.05) is 6.61 Å². The zero-order chi connectivity index (χ0) is 20.1. The lowest BCUT2D eigenvalue weighted by Crippen LogP contribution is -2.28. The summed E-state index contributed by atoms with van der Waals surface area (Å²) >= 11 is 6.24. The van der Waals surface area contributed by atoms with Gasteiger partial charge in [0.15, 0.2) is 0 Å². The SMILES string of the molecule is CC(=O)N[C@@H](C)C=Cc1cnc(Oc2ccc(OCC3CC3O)cc2Cl)nc1. The van der Waals surface area contributed by atoms with Crippen molar-refractivity contribution < 1.29 is 19.4 Å². The molecule has 1 aliphatic carbocycles. The van der Waals surface area contributed by atoms with Crippen molar-refractivity contribution in [3.05, 3.63) is 47.3 Å². The van der Waals surface area contributed by atoms with Crippen molar-refractivity contribution in [2.24, 2.45) is 5.92 Å². The van der Waals surface area contributed by atoms with E-state index in [1.54, 1.807) is 30.6 Å². The molecule has 1 saturated carbocycles. The topological polar surface area (TPSA) is 93.6 Å². The zero-order valence-electron chi connectivity index (χ0n) is 15.6. The van der Waals surface area contributed by atoms with Crippen molar-refractivity contribution >= 4 is 23.6 Å². The van der Waals surface area contributed by atoms with Gasteiger partial charge in [0.2, 0.25) is 5.91 Å². The number of ether oxygens (including phenoxy) is 2. The molecule has 2 aromatic rings. The molecule has 3 atom stereocenters. The van der Waals surface area contributed by atoms with Gasteiger partial charge in [-0.25, -0.2) is 9.97 Å². The lowest BCUT2D eigenvalue weighted by atomic mass is 10.2. The van der Waals surface area contributed by atoms with Crippen LogP contribution in [-0.4, -0.2) is 39.7 Å². The molecule has 1 fully saturated rings. The van der Waals surface area contributed by atoms with Gasteiger partial charge in [0.05, 0.1) is 17.7 Å². The Morgan fingerprint density at radius 3 is 2.75 bits per heavy atom. The van der Waals surface area contributed by atoms with Crippen molar-refractivity contribution in [2.45, 2.75) is 32.4 Å². The third kappa shape index (κ3) is 5.94. The molecule has 0 aliphatic heterocycles. The highest BCUT2D eigenvalue weighted by molar-refractivity contribution is 6.32. The summed E-state index contributed by atoms with van der Waals surface area (Å²) in [7, 11) is 0. The standard InChI is InChI=1S/C20H22ClN3O4/c1-12(24-13(2)25)3-4-14-9-22-20(23-10-14)28-19-6-5-16(8-17(19)21)27-11-15-7-18(15)26/h3-6,8-10,12,15,18,26H,7,11H2,1-2H3,(H,24,25)/t12-,15?,18?/m0/s1. The van der Waals surface area contributed by atoms with E-state index in [0.717, 1.165) is 12.0 Å². The number of aromatic nitrogens is 2. The predicted octanol–water partition coefficient (Wildman–Crippen LogP) is 3.22. The molecule has 3 rings (SSSR count). The molecule has 0 spiro atoms. The van der Waals surface area contributed by atoms with Crippen molar-refractivity contribution in [3.8, 4) is 17.5 Å². The second-order valence-electron chi connectivity index (χ2n) is 6.72. The van der Waals surface area contributed by atoms with Gasteiger partial charge in [0.1, 0.15) is 11.5 Å². The molecule has 0 saturated heterocycles. The maximum Gasteiger partial charge on any atom is 0.321 e. The van der Waals surface area contributed by atoms with Crippen LogP contribution in [0, 0.1) is 5.92 Å². The minimum absolute atomic E-state index is 0.0869. The molecule has 28 heavy (non-hydrogen) atoms. The summed E-state index contributed by atoms with van der Waals surface area (Å²) in [5, 5.41) is 12.5. The van der Waals surface area contributed by atoms with Gasteiger partial charge in [-0.15, -0.1) is 0 Å². The summed E-state index contributed by atoms with van der Waals surface area (Å²) in [6.07, 6.45) is 7.43. The summed E-state index contributed by atoms with van der Waals surface area (Å²) < 4.78 is 11.2. The Balaban J connectivity index is 1.56. The number of nitrogens with zero attached hydrogens (tertiary/aromatic N) is 2. The fourth-order valence-electron chi connectivity index (χ4n) is 2.46. The summed E-state index contributed by atoms with van der Waals surface area (Å²) in [5.74, 6) is 1.15. The van der Waals surface area contributed by atoms with Crippen LogP contribution in [0.3, 0.4) is 0 Å². The number of hydrogen-bond donors (Lipinski definition) is 2. The van der Waals surface area contributed by atoms with Crippen molar-refractivity contribution in [1.82, 2.24) is 15.3 Å². The number of carbonyl (C=O) groups is 1. The van der Waals surface area contributed by atoms with Crippen LogP contribution in [0.1, 0.15) is 25.8 Å². The van der Waals surface area contributed by atoms with Crippen LogP contribution in [0.15, 0.2) is 36.7 Å². The van der Waals surface area contributed by atoms with Gasteiger partial charge < -0.3 is 19.9 Å². The minimum Gasteiger partial charge on any atom is -0.493 e. The minimum atomic E-state index is -0.248. The van der Waals surface area contributed by atoms with E-state index in [4.69, 9.17) is 21.1 Å². The van der Waals surface area contributed by atoms with Gasteiger partial charge in [-0.3, -0.25) is 4.79 Å². The molecule has 148 valence electrons. The van der Waals surface area contributed by atoms with E-state index in [1.807, 2.05) is 19.1 Å². The lowest BCUT2D eigenvalue weighted by molar-refractivity contribution is -0.119. The predicted molar refractivity (Wildman–Crippen MR) is 105 cm³/mol. The molecule has 1 amide bonds. The quantitative estimate of drug-likeness (QED) is 0.702. The summed E-state index contributed by atoms with van der Waals surface area (Å²) in [5.41, 5.74) is 0.779. The number of amides is 1. The van der Waals surface area contributed by atoms with Crippen LogP contribution in [0.25, 0.3) is 6.08 Å². The third-order valence-electron chi connectivity index (χ3n) is 4.11. The molecule has 0 bridgehead atoms. The highest BCUT2D eigenvalue weighted by Crippen LogP contribution is 2.34. The van der Waals surface area contributed by atoms with Crippen LogP contribution in [0.5, 0.6) is 17.5 Å². The first-order valence-electron chi connectivity index (χ1n) is 8.96. The van der Waals surface area contributed by atoms with Crippen LogP contribution in [0.4, 0.5) is 0 Å². The number of carbonyl (C=O) groups excluding carboxylic acids is 1. The first kappa shape index (κ1) is 20.1. The monoisotopic (exact) mass is 403 g/mol. The first-order valence-corrected chi connectivity index (χ1v) is 9.34. The van der Waals surface area contributed by atoms with E-state index in [9.17, 15) is 9.90 Å². The first-order chi connectivity index (χ1) is 13.4. The van der Waals surface area contributed by atoms with Crippen LogP contribution in [-0.2, 0) is 4.79 Å². The Bertz CT molecular complexity index is 857. The Labute approximate surface area is 168 Å². The molecule has 1 aromatic carbocycles. The van der Waals surface area contributed by atoms with Gasteiger partial charge in [0, 0.05) is 42.9 Å². The van der Waals surface area contributed by atoms with Gasteiger partial charge in [-0.2, -0.15) is 0 Å². The van der Waals surface area contributed by atoms with E-state index in [-0.39, 0.29) is 30.0 Å². The fraction of sp³-hybridized carbons (Fsp3) is 0.350. The number of nitrogens with one attached hydrogen (secondary N) is 1. The average Bonchev–Trinajstić information content (AvgIpc) is 3.36. The third-order valence-corrected chi connectivity index (χ3v) is 4.41. The number of aliphatic hydroxyl groups is 1. The Morgan fingerprint density at radius 2 is 2.14 bits per heavy atom. The van der Waals surface area contributed by atoms with E-state index < -0.39 is 0 Å². The van der Waals surface area contributed by atoms with Gasteiger partial charge in [0.25, 0.3) is 0 Å². The molecule has 8 heteroatoms. The van der Waals surface area contributed by atoms with Crippen molar-refractivity contribution in [1.29, 1.82) is 0 Å². The number of rotatable bonds is 8. The van der Waals surface area contributed by atoms with Gasteiger partial charge in [-0.05, 0) is 25.5 Å². The largest absolute Gasteiger partial charge is 0.493 e. The fourth-order valence-corrected chi connectivity index (χ4v) is 2.66. The molecule has 1 aliphatic rings. The van der Waals surface area contributed by atoms with Crippen LogP contribution >= 0.6 is 11.6 Å². The molecule has 1 heterocycles. The zero-order valence-corrected chi connectivity index (χ0v) is 16.4. The van der Waals surface area contributed by atoms with Gasteiger partial charge in [-0.1, -0.05) is 23.8 Å². The van der Waals surface area contributed by atoms with E-state index >= 15 is 0 Å². The van der Waals surface area contributed by atoms with Crippen LogP contribution in [0.2, 0.25) is 5.02 Å². The van der Waals surface area contributed by atoms with E-state index in [2.05, 4.69) is 15.3 Å². The maximum atomic E-state index is 11.0. The highest BCUT2D eigenvalue weighted by atomic mass is 35.5. The number of hydrogen-bond acceptors (Lipinski definition) is 6. The number of aliphatic hydroxyl groups excluding tert-OH is 1. The molecular formula is C20H22ClN3O4. The Kier molecular flexibility index (Phi) is 6.49. The Morgan fingerprint density at radius 1 is 1.43 bits per heavy atom. The smallest absolute Gasteiger partial charge is 0.321 e. The molecular weight excluding hydrogens is 382 g/mol. The van der Waals surface area contributed by atoms with E-state index in [0.29, 0.717) is 23.1 Å². The second kappa shape index (κ2) is 9.03. The summed E-state index contributed by atoms with van der Waals surface area (Å²) in [6.45, 7) is 3.82. The summed E-state index contributed by atoms with van der Waals surface area (Å²) in [4.78, 5) is 19.3. The molecule has 2 unspecified atom stereocenters. The second-order valence-corrected chi connectivity index (χ2v) is 7.12. The Hall–Kier alpha value is -2.64. The van der Waals surface area contributed by atoms with Crippen molar-refractivity contribution in [3.63, 3.8) is 0 Å². The average molecular weight is 404 g/mol. The normalized spacial score (nSPS) is 19.3. The molecule has 1 aromatic heterocycles. The number of benzene rings is 1. The number of halogens is 1. The lowest BCUT2D eigenvalue weighted by Gasteiger charge is -2.09. The van der Waals surface area contributed by atoms with Crippen LogP contribution < -0.4 is 14.8 Å². The maximum absolute atomic E-state index is 11.0. The molecule has 7 nitrogen and oxygen atoms in total. The molecule has 2 N–H and O–H groups in total. The molecule has 0 radical (unpaired) electrons. The highest BCUT2D eigenvalue weighted by Gasteiger charge is 2.35. The van der Waals surface area contributed by atoms with E-state index in [1.165, 1.54) is 6.92 Å². The summed E-state index contributed by atoms with van der Waals surface area (Å²) in [6, 6.07) is 5.18.